The van der Waals surface area contributed by atoms with Gasteiger partial charge >= 0.3 is 0 Å². The van der Waals surface area contributed by atoms with E-state index in [0.717, 1.165) is 19.0 Å². The summed E-state index contributed by atoms with van der Waals surface area (Å²) in [5, 5.41) is 3.41. The standard InChI is InChI=1S/C9H11NS/c1-2-11-9-3-6-4-10-5-8(6)7(1)9/h3,7,10H,1-2,4-5H2. The fraction of sp³-hybridized carbons (Fsp3) is 0.556. The van der Waals surface area contributed by atoms with E-state index in [1.54, 1.807) is 16.1 Å². The molecule has 1 saturated heterocycles. The second-order valence-electron chi connectivity index (χ2n) is 3.39. The highest BCUT2D eigenvalue weighted by molar-refractivity contribution is 8.03. The number of hydrogen-bond donors (Lipinski definition) is 1. The molecular formula is C9H11NS. The molecule has 0 radical (unpaired) electrons. The van der Waals surface area contributed by atoms with Crippen LogP contribution in [0.1, 0.15) is 6.42 Å². The molecule has 1 atom stereocenters. The van der Waals surface area contributed by atoms with Gasteiger partial charge in [0.15, 0.2) is 0 Å². The van der Waals surface area contributed by atoms with Crippen LogP contribution in [0.5, 0.6) is 0 Å². The van der Waals surface area contributed by atoms with Gasteiger partial charge in [-0.15, -0.1) is 11.8 Å². The van der Waals surface area contributed by atoms with Crippen molar-refractivity contribution in [2.75, 3.05) is 18.8 Å². The van der Waals surface area contributed by atoms with E-state index < -0.39 is 0 Å². The minimum atomic E-state index is 0.838. The zero-order chi connectivity index (χ0) is 7.26. The summed E-state index contributed by atoms with van der Waals surface area (Å²) in [6.45, 7) is 2.27. The highest BCUT2D eigenvalue weighted by Gasteiger charge is 2.33. The fourth-order valence-corrected chi connectivity index (χ4v) is 3.52. The molecule has 0 amide bonds. The lowest BCUT2D eigenvalue weighted by atomic mass is 10.00. The van der Waals surface area contributed by atoms with Gasteiger partial charge in [-0.05, 0) is 34.3 Å². The largest absolute Gasteiger partial charge is 0.309 e. The van der Waals surface area contributed by atoms with Crippen LogP contribution in [-0.4, -0.2) is 18.8 Å². The smallest absolute Gasteiger partial charge is 0.0209 e. The Kier molecular flexibility index (Phi) is 1.23. The van der Waals surface area contributed by atoms with Crippen LogP contribution in [0, 0.1) is 5.92 Å². The molecule has 3 rings (SSSR count). The molecule has 0 aromatic heterocycles. The van der Waals surface area contributed by atoms with E-state index in [0.29, 0.717) is 0 Å². The molecule has 58 valence electrons. The van der Waals surface area contributed by atoms with Gasteiger partial charge < -0.3 is 5.32 Å². The summed E-state index contributed by atoms with van der Waals surface area (Å²) < 4.78 is 0. The van der Waals surface area contributed by atoms with Crippen molar-refractivity contribution in [3.8, 4) is 0 Å². The van der Waals surface area contributed by atoms with Crippen LogP contribution < -0.4 is 5.32 Å². The molecule has 2 heterocycles. The van der Waals surface area contributed by atoms with Crippen LogP contribution in [-0.2, 0) is 0 Å². The number of fused-ring (bicyclic) bond motifs is 2. The lowest BCUT2D eigenvalue weighted by Crippen LogP contribution is -2.12. The van der Waals surface area contributed by atoms with Gasteiger partial charge in [0.25, 0.3) is 0 Å². The van der Waals surface area contributed by atoms with E-state index in [4.69, 9.17) is 0 Å². The van der Waals surface area contributed by atoms with Crippen LogP contribution in [0.25, 0.3) is 0 Å². The van der Waals surface area contributed by atoms with Crippen LogP contribution >= 0.6 is 11.8 Å². The average molecular weight is 165 g/mol. The SMILES string of the molecule is C1=C2SCCC2C2=C1CNC2. The van der Waals surface area contributed by atoms with Crippen molar-refractivity contribution in [1.82, 2.24) is 5.32 Å². The van der Waals surface area contributed by atoms with E-state index >= 15 is 0 Å². The predicted molar refractivity (Wildman–Crippen MR) is 48.5 cm³/mol. The fourth-order valence-electron chi connectivity index (χ4n) is 2.25. The van der Waals surface area contributed by atoms with Crippen molar-refractivity contribution in [3.05, 3.63) is 22.1 Å². The van der Waals surface area contributed by atoms with E-state index in [9.17, 15) is 0 Å². The van der Waals surface area contributed by atoms with E-state index in [-0.39, 0.29) is 0 Å². The number of allylic oxidation sites excluding steroid dienone is 1. The normalized spacial score (nSPS) is 34.2. The summed E-state index contributed by atoms with van der Waals surface area (Å²) in [6.07, 6.45) is 3.80. The van der Waals surface area contributed by atoms with Crippen molar-refractivity contribution < 1.29 is 0 Å². The quantitative estimate of drug-likeness (QED) is 0.584. The topological polar surface area (TPSA) is 12.0 Å². The van der Waals surface area contributed by atoms with Crippen molar-refractivity contribution in [3.63, 3.8) is 0 Å². The first-order chi connectivity index (χ1) is 5.45. The van der Waals surface area contributed by atoms with Gasteiger partial charge in [-0.3, -0.25) is 0 Å². The molecule has 1 unspecified atom stereocenters. The molecule has 2 aliphatic heterocycles. The molecule has 1 N–H and O–H groups in total. The molecule has 0 aromatic carbocycles. The zero-order valence-corrected chi connectivity index (χ0v) is 7.21. The summed E-state index contributed by atoms with van der Waals surface area (Å²) in [5.74, 6) is 2.18. The molecule has 11 heavy (non-hydrogen) atoms. The zero-order valence-electron chi connectivity index (χ0n) is 6.39. The third-order valence-electron chi connectivity index (χ3n) is 2.80. The Bertz CT molecular complexity index is 265. The lowest BCUT2D eigenvalue weighted by molar-refractivity contribution is 0.719. The molecule has 1 nitrogen and oxygen atoms in total. The molecule has 2 heteroatoms. The van der Waals surface area contributed by atoms with Gasteiger partial charge in [-0.1, -0.05) is 0 Å². The highest BCUT2D eigenvalue weighted by Crippen LogP contribution is 2.47. The molecule has 0 aromatic rings. The maximum Gasteiger partial charge on any atom is 0.0209 e. The Morgan fingerprint density at radius 2 is 2.45 bits per heavy atom. The Morgan fingerprint density at radius 3 is 3.45 bits per heavy atom. The molecule has 0 saturated carbocycles. The molecule has 1 aliphatic carbocycles. The van der Waals surface area contributed by atoms with Gasteiger partial charge in [0, 0.05) is 19.0 Å². The van der Waals surface area contributed by atoms with Gasteiger partial charge in [-0.2, -0.15) is 0 Å². The highest BCUT2D eigenvalue weighted by atomic mass is 32.2. The molecule has 1 fully saturated rings. The Hall–Kier alpha value is -0.210. The van der Waals surface area contributed by atoms with E-state index in [1.807, 2.05) is 0 Å². The van der Waals surface area contributed by atoms with Gasteiger partial charge in [-0.25, -0.2) is 0 Å². The molecule has 0 bridgehead atoms. The van der Waals surface area contributed by atoms with E-state index in [1.165, 1.54) is 12.2 Å². The lowest BCUT2D eigenvalue weighted by Gasteiger charge is -2.07. The van der Waals surface area contributed by atoms with Gasteiger partial charge in [0.05, 0.1) is 0 Å². The summed E-state index contributed by atoms with van der Waals surface area (Å²) in [5.41, 5.74) is 3.29. The van der Waals surface area contributed by atoms with Gasteiger partial charge in [0.1, 0.15) is 0 Å². The van der Waals surface area contributed by atoms with Crippen molar-refractivity contribution in [2.45, 2.75) is 6.42 Å². The Balaban J connectivity index is 2.02. The number of nitrogens with one attached hydrogen (secondary N) is 1. The van der Waals surface area contributed by atoms with Gasteiger partial charge in [0.2, 0.25) is 0 Å². The minimum Gasteiger partial charge on any atom is -0.309 e. The first kappa shape index (κ1) is 6.32. The van der Waals surface area contributed by atoms with Crippen LogP contribution in [0.4, 0.5) is 0 Å². The van der Waals surface area contributed by atoms with Crippen LogP contribution in [0.3, 0.4) is 0 Å². The summed E-state index contributed by atoms with van der Waals surface area (Å²) >= 11 is 2.06. The molecule has 3 aliphatic rings. The second-order valence-corrected chi connectivity index (χ2v) is 4.56. The first-order valence-corrected chi connectivity index (χ1v) is 5.21. The third-order valence-corrected chi connectivity index (χ3v) is 3.97. The average Bonchev–Trinajstić information content (AvgIpc) is 2.52. The van der Waals surface area contributed by atoms with Crippen molar-refractivity contribution >= 4 is 11.8 Å². The van der Waals surface area contributed by atoms with Crippen molar-refractivity contribution in [1.29, 1.82) is 0 Å². The van der Waals surface area contributed by atoms with Crippen LogP contribution in [0.15, 0.2) is 22.1 Å². The van der Waals surface area contributed by atoms with Crippen molar-refractivity contribution in [2.24, 2.45) is 5.92 Å². The summed E-state index contributed by atoms with van der Waals surface area (Å²) in [4.78, 5) is 1.65. The predicted octanol–water partition coefficient (Wildman–Crippen LogP) is 1.54. The second kappa shape index (κ2) is 2.14. The molecule has 0 spiro atoms. The maximum atomic E-state index is 3.41. The first-order valence-electron chi connectivity index (χ1n) is 4.22. The number of rotatable bonds is 0. The summed E-state index contributed by atoms with van der Waals surface area (Å²) in [6, 6.07) is 0. The monoisotopic (exact) mass is 165 g/mol. The summed E-state index contributed by atoms with van der Waals surface area (Å²) in [7, 11) is 0. The molecular weight excluding hydrogens is 154 g/mol. The Labute approximate surface area is 70.9 Å². The third kappa shape index (κ3) is 0.769. The number of thioether (sulfide) groups is 1. The van der Waals surface area contributed by atoms with E-state index in [2.05, 4.69) is 23.2 Å². The van der Waals surface area contributed by atoms with Crippen LogP contribution in [0.2, 0.25) is 0 Å². The minimum absolute atomic E-state index is 0.838. The Morgan fingerprint density at radius 1 is 1.45 bits per heavy atom. The number of hydrogen-bond acceptors (Lipinski definition) is 2. The maximum absolute atomic E-state index is 3.41.